The maximum Gasteiger partial charge on any atom is 0.329 e. The number of ketones is 1. The number of aliphatic carboxylic acids is 1. The van der Waals surface area contributed by atoms with Crippen molar-refractivity contribution >= 4 is 35.4 Å². The fourth-order valence-corrected chi connectivity index (χ4v) is 3.66. The van der Waals surface area contributed by atoms with E-state index >= 15 is 0 Å². The number of hydrogen-bond donors (Lipinski definition) is 2. The molecule has 7 nitrogen and oxygen atoms in total. The second-order valence-electron chi connectivity index (χ2n) is 5.49. The predicted molar refractivity (Wildman–Crippen MR) is 85.0 cm³/mol. The van der Waals surface area contributed by atoms with Crippen LogP contribution in [0.25, 0.3) is 0 Å². The Morgan fingerprint density at radius 2 is 2.22 bits per heavy atom. The number of carbonyl (C=O) groups excluding carboxylic acids is 3. The van der Waals surface area contributed by atoms with Crippen LogP contribution < -0.4 is 5.32 Å². The van der Waals surface area contributed by atoms with E-state index in [4.69, 9.17) is 4.74 Å². The summed E-state index contributed by atoms with van der Waals surface area (Å²) >= 11 is 1.22. The van der Waals surface area contributed by atoms with Gasteiger partial charge in [-0.25, -0.2) is 4.79 Å². The summed E-state index contributed by atoms with van der Waals surface area (Å²) < 4.78 is 4.91. The summed E-state index contributed by atoms with van der Waals surface area (Å²) in [4.78, 5) is 45.9. The van der Waals surface area contributed by atoms with E-state index < -0.39 is 23.4 Å². The van der Waals surface area contributed by atoms with Gasteiger partial charge in [0, 0.05) is 31.3 Å². The quantitative estimate of drug-likeness (QED) is 0.470. The number of carboxylic acid groups (broad SMARTS) is 1. The summed E-state index contributed by atoms with van der Waals surface area (Å²) in [7, 11) is 0. The molecule has 0 spiro atoms. The highest BCUT2D eigenvalue weighted by Crippen LogP contribution is 2.39. The van der Waals surface area contributed by atoms with E-state index in [-0.39, 0.29) is 42.6 Å². The fourth-order valence-electron chi connectivity index (χ4n) is 2.33. The molecule has 0 aromatic heterocycles. The summed E-state index contributed by atoms with van der Waals surface area (Å²) in [6.07, 6.45) is 2.00. The molecule has 8 heteroatoms. The summed E-state index contributed by atoms with van der Waals surface area (Å²) in [5.41, 5.74) is -1.08. The Kier molecular flexibility index (Phi) is 7.28. The van der Waals surface area contributed by atoms with Gasteiger partial charge in [0.25, 0.3) is 0 Å². The van der Waals surface area contributed by atoms with Crippen LogP contribution in [-0.4, -0.2) is 52.9 Å². The Balaban J connectivity index is 2.61. The first-order chi connectivity index (χ1) is 10.8. The van der Waals surface area contributed by atoms with Gasteiger partial charge < -0.3 is 15.2 Å². The first kappa shape index (κ1) is 19.2. The molecule has 1 fully saturated rings. The number of hydrogen-bond acceptors (Lipinski definition) is 6. The van der Waals surface area contributed by atoms with Gasteiger partial charge >= 0.3 is 11.9 Å². The Bertz CT molecular complexity index is 506. The number of carboxylic acids is 1. The topological polar surface area (TPSA) is 110 Å². The molecular formula is C15H21NO6S. The second kappa shape index (κ2) is 8.71. The van der Waals surface area contributed by atoms with Crippen LogP contribution in [0.15, 0.2) is 12.7 Å². The number of esters is 1. The summed E-state index contributed by atoms with van der Waals surface area (Å²) in [5.74, 6) is -1.65. The van der Waals surface area contributed by atoms with Crippen LogP contribution in [0.4, 0.5) is 0 Å². The van der Waals surface area contributed by atoms with E-state index in [9.17, 15) is 24.3 Å². The maximum absolute atomic E-state index is 11.9. The molecule has 0 heterocycles. The van der Waals surface area contributed by atoms with Gasteiger partial charge in [0.2, 0.25) is 5.91 Å². The van der Waals surface area contributed by atoms with Crippen molar-refractivity contribution in [2.24, 2.45) is 5.41 Å². The van der Waals surface area contributed by atoms with Gasteiger partial charge in [0.15, 0.2) is 0 Å². The molecule has 1 aliphatic carbocycles. The van der Waals surface area contributed by atoms with Gasteiger partial charge in [-0.3, -0.25) is 14.4 Å². The lowest BCUT2D eigenvalue weighted by molar-refractivity contribution is -0.148. The second-order valence-corrected chi connectivity index (χ2v) is 6.52. The van der Waals surface area contributed by atoms with Gasteiger partial charge in [-0.1, -0.05) is 12.7 Å². The lowest BCUT2D eigenvalue weighted by Crippen LogP contribution is -2.43. The first-order valence-electron chi connectivity index (χ1n) is 7.18. The Labute approximate surface area is 138 Å². The SMILES string of the molecule is C=CCOC(=O)C(CSCC1(C(=O)O)CCC(=O)C1)NC(C)=O. The number of nitrogens with one attached hydrogen (secondary N) is 1. The predicted octanol–water partition coefficient (Wildman–Crippen LogP) is 0.777. The van der Waals surface area contributed by atoms with E-state index in [1.807, 2.05) is 0 Å². The van der Waals surface area contributed by atoms with Crippen LogP contribution in [0.1, 0.15) is 26.2 Å². The average molecular weight is 343 g/mol. The van der Waals surface area contributed by atoms with Crippen molar-refractivity contribution in [2.75, 3.05) is 18.1 Å². The zero-order valence-corrected chi connectivity index (χ0v) is 13.8. The van der Waals surface area contributed by atoms with Gasteiger partial charge in [-0.05, 0) is 6.42 Å². The Morgan fingerprint density at radius 1 is 1.52 bits per heavy atom. The summed E-state index contributed by atoms with van der Waals surface area (Å²) in [6.45, 7) is 4.76. The molecule has 1 aliphatic rings. The van der Waals surface area contributed by atoms with Crippen molar-refractivity contribution in [3.63, 3.8) is 0 Å². The standard InChI is InChI=1S/C15H21NO6S/c1-3-6-22-13(19)12(16-10(2)17)8-23-9-15(14(20)21)5-4-11(18)7-15/h3,12H,1,4-9H2,2H3,(H,16,17)(H,20,21). The molecule has 0 bridgehead atoms. The van der Waals surface area contributed by atoms with Crippen LogP contribution in [0.2, 0.25) is 0 Å². The van der Waals surface area contributed by atoms with E-state index in [0.717, 1.165) is 0 Å². The highest BCUT2D eigenvalue weighted by Gasteiger charge is 2.45. The smallest absolute Gasteiger partial charge is 0.329 e. The third-order valence-corrected chi connectivity index (χ3v) is 4.87. The van der Waals surface area contributed by atoms with Crippen molar-refractivity contribution in [2.45, 2.75) is 32.2 Å². The molecule has 0 radical (unpaired) electrons. The minimum Gasteiger partial charge on any atom is -0.481 e. The zero-order chi connectivity index (χ0) is 17.5. The molecule has 1 amide bonds. The third kappa shape index (κ3) is 5.70. The van der Waals surface area contributed by atoms with Crippen molar-refractivity contribution < 1.29 is 29.0 Å². The highest BCUT2D eigenvalue weighted by atomic mass is 32.2. The van der Waals surface area contributed by atoms with Crippen molar-refractivity contribution in [1.82, 2.24) is 5.32 Å². The number of rotatable bonds is 9. The number of carbonyl (C=O) groups is 4. The largest absolute Gasteiger partial charge is 0.481 e. The lowest BCUT2D eigenvalue weighted by Gasteiger charge is -2.23. The van der Waals surface area contributed by atoms with Crippen LogP contribution in [-0.2, 0) is 23.9 Å². The van der Waals surface area contributed by atoms with Gasteiger partial charge in [-0.2, -0.15) is 11.8 Å². The Hall–Kier alpha value is -1.83. The Morgan fingerprint density at radius 3 is 2.70 bits per heavy atom. The van der Waals surface area contributed by atoms with Gasteiger partial charge in [0.1, 0.15) is 18.4 Å². The van der Waals surface area contributed by atoms with Crippen molar-refractivity contribution in [3.8, 4) is 0 Å². The third-order valence-electron chi connectivity index (χ3n) is 3.54. The van der Waals surface area contributed by atoms with Crippen LogP contribution >= 0.6 is 11.8 Å². The molecule has 2 atom stereocenters. The number of ether oxygens (including phenoxy) is 1. The lowest BCUT2D eigenvalue weighted by atomic mass is 9.89. The molecule has 128 valence electrons. The van der Waals surface area contributed by atoms with Crippen LogP contribution in [0.5, 0.6) is 0 Å². The van der Waals surface area contributed by atoms with Gasteiger partial charge in [-0.15, -0.1) is 0 Å². The first-order valence-corrected chi connectivity index (χ1v) is 8.33. The average Bonchev–Trinajstić information content (AvgIpc) is 2.86. The molecule has 1 rings (SSSR count). The molecule has 0 aromatic rings. The molecule has 2 N–H and O–H groups in total. The van der Waals surface area contributed by atoms with Crippen LogP contribution in [0, 0.1) is 5.41 Å². The summed E-state index contributed by atoms with van der Waals surface area (Å²) in [5, 5.41) is 11.9. The van der Waals surface area contributed by atoms with Crippen molar-refractivity contribution in [3.05, 3.63) is 12.7 Å². The molecule has 0 aliphatic heterocycles. The molecule has 2 unspecified atom stereocenters. The monoisotopic (exact) mass is 343 g/mol. The maximum atomic E-state index is 11.9. The van der Waals surface area contributed by atoms with E-state index in [2.05, 4.69) is 11.9 Å². The molecule has 23 heavy (non-hydrogen) atoms. The van der Waals surface area contributed by atoms with Crippen molar-refractivity contribution in [1.29, 1.82) is 0 Å². The van der Waals surface area contributed by atoms with E-state index in [0.29, 0.717) is 6.42 Å². The minimum atomic E-state index is -1.08. The highest BCUT2D eigenvalue weighted by molar-refractivity contribution is 7.99. The van der Waals surface area contributed by atoms with Crippen LogP contribution in [0.3, 0.4) is 0 Å². The van der Waals surface area contributed by atoms with E-state index in [1.165, 1.54) is 24.8 Å². The number of thioether (sulfide) groups is 1. The zero-order valence-electron chi connectivity index (χ0n) is 13.0. The molecule has 0 saturated heterocycles. The minimum absolute atomic E-state index is 0.0149. The van der Waals surface area contributed by atoms with E-state index in [1.54, 1.807) is 0 Å². The van der Waals surface area contributed by atoms with Gasteiger partial charge in [0.05, 0.1) is 5.41 Å². The number of Topliss-reactive ketones (excluding diaryl/α,β-unsaturated/α-hetero) is 1. The summed E-state index contributed by atoms with van der Waals surface area (Å²) in [6, 6.07) is -0.861. The molecule has 1 saturated carbocycles. The molecule has 0 aromatic carbocycles. The normalized spacial score (nSPS) is 21.5. The number of amides is 1. The molecular weight excluding hydrogens is 322 g/mol. The fraction of sp³-hybridized carbons (Fsp3) is 0.600.